The summed E-state index contributed by atoms with van der Waals surface area (Å²) in [5.74, 6) is -0.358. The van der Waals surface area contributed by atoms with Gasteiger partial charge in [0.2, 0.25) is 5.91 Å². The normalized spacial score (nSPS) is 12.3. The van der Waals surface area contributed by atoms with Gasteiger partial charge in [-0.25, -0.2) is 9.87 Å². The van der Waals surface area contributed by atoms with Gasteiger partial charge in [-0.3, -0.25) is 14.8 Å². The third kappa shape index (κ3) is 7.15. The molecule has 3 aromatic rings. The SMILES string of the molecule is CC(NC(=O)/C(=C/CCCCC(=O)NO)COc1cccc2ccccc12)c1ccc(F)cc1. The average Bonchev–Trinajstić information content (AvgIpc) is 2.85. The number of halogens is 1. The minimum Gasteiger partial charge on any atom is -0.488 e. The summed E-state index contributed by atoms with van der Waals surface area (Å²) in [4.78, 5) is 24.2. The van der Waals surface area contributed by atoms with Crippen LogP contribution in [-0.4, -0.2) is 23.6 Å². The number of benzene rings is 3. The highest BCUT2D eigenvalue weighted by Crippen LogP contribution is 2.25. The van der Waals surface area contributed by atoms with Gasteiger partial charge in [0, 0.05) is 11.8 Å². The fourth-order valence-electron chi connectivity index (χ4n) is 3.58. The largest absolute Gasteiger partial charge is 0.488 e. The van der Waals surface area contributed by atoms with E-state index >= 15 is 0 Å². The van der Waals surface area contributed by atoms with E-state index in [0.29, 0.717) is 30.6 Å². The van der Waals surface area contributed by atoms with Crippen LogP contribution >= 0.6 is 0 Å². The Kier molecular flexibility index (Phi) is 9.17. The number of fused-ring (bicyclic) bond motifs is 1. The molecule has 34 heavy (non-hydrogen) atoms. The van der Waals surface area contributed by atoms with Crippen LogP contribution in [0.4, 0.5) is 4.39 Å². The van der Waals surface area contributed by atoms with Gasteiger partial charge in [-0.2, -0.15) is 0 Å². The maximum absolute atomic E-state index is 13.2. The van der Waals surface area contributed by atoms with Crippen molar-refractivity contribution in [3.63, 3.8) is 0 Å². The predicted octanol–water partition coefficient (Wildman–Crippen LogP) is 5.23. The van der Waals surface area contributed by atoms with Crippen molar-refractivity contribution in [1.82, 2.24) is 10.8 Å². The Morgan fingerprint density at radius 1 is 1.03 bits per heavy atom. The third-order valence-electron chi connectivity index (χ3n) is 5.52. The lowest BCUT2D eigenvalue weighted by Gasteiger charge is -2.17. The Morgan fingerprint density at radius 2 is 1.76 bits per heavy atom. The highest BCUT2D eigenvalue weighted by Gasteiger charge is 2.15. The van der Waals surface area contributed by atoms with E-state index in [1.54, 1.807) is 17.6 Å². The van der Waals surface area contributed by atoms with E-state index in [-0.39, 0.29) is 30.8 Å². The summed E-state index contributed by atoms with van der Waals surface area (Å²) in [6.45, 7) is 1.91. The van der Waals surface area contributed by atoms with Crippen molar-refractivity contribution >= 4 is 22.6 Å². The summed E-state index contributed by atoms with van der Waals surface area (Å²) in [6.07, 6.45) is 3.85. The van der Waals surface area contributed by atoms with Crippen molar-refractivity contribution in [3.05, 3.63) is 89.8 Å². The van der Waals surface area contributed by atoms with Crippen molar-refractivity contribution in [1.29, 1.82) is 0 Å². The maximum Gasteiger partial charge on any atom is 0.250 e. The second kappa shape index (κ2) is 12.5. The van der Waals surface area contributed by atoms with Crippen molar-refractivity contribution in [2.75, 3.05) is 6.61 Å². The molecule has 0 saturated heterocycles. The number of nitrogens with one attached hydrogen (secondary N) is 2. The number of carbonyl (C=O) groups excluding carboxylic acids is 2. The number of carbonyl (C=O) groups is 2. The summed E-state index contributed by atoms with van der Waals surface area (Å²) >= 11 is 0. The first-order chi connectivity index (χ1) is 16.5. The second-order valence-electron chi connectivity index (χ2n) is 8.02. The van der Waals surface area contributed by atoms with Crippen molar-refractivity contribution in [2.45, 2.75) is 38.6 Å². The summed E-state index contributed by atoms with van der Waals surface area (Å²) in [6, 6.07) is 19.3. The molecule has 3 N–H and O–H groups in total. The molecule has 1 atom stereocenters. The average molecular weight is 465 g/mol. The third-order valence-corrected chi connectivity index (χ3v) is 5.52. The van der Waals surface area contributed by atoms with Crippen molar-refractivity contribution in [2.24, 2.45) is 0 Å². The first-order valence-electron chi connectivity index (χ1n) is 11.3. The van der Waals surface area contributed by atoms with Crippen LogP contribution in [0.3, 0.4) is 0 Å². The summed E-state index contributed by atoms with van der Waals surface area (Å²) < 4.78 is 19.3. The van der Waals surface area contributed by atoms with Crippen LogP contribution in [0, 0.1) is 5.82 Å². The molecule has 0 heterocycles. The van der Waals surface area contributed by atoms with E-state index in [1.165, 1.54) is 12.1 Å². The van der Waals surface area contributed by atoms with Gasteiger partial charge >= 0.3 is 0 Å². The van der Waals surface area contributed by atoms with Crippen molar-refractivity contribution in [3.8, 4) is 5.75 Å². The van der Waals surface area contributed by atoms with Crippen LogP contribution in [0.5, 0.6) is 5.75 Å². The lowest BCUT2D eigenvalue weighted by molar-refractivity contribution is -0.129. The van der Waals surface area contributed by atoms with E-state index in [1.807, 2.05) is 55.5 Å². The first kappa shape index (κ1) is 24.9. The molecule has 0 aromatic heterocycles. The minimum atomic E-state index is -0.436. The van der Waals surface area contributed by atoms with E-state index in [0.717, 1.165) is 16.3 Å². The molecule has 1 unspecified atom stereocenters. The van der Waals surface area contributed by atoms with Crippen LogP contribution in [0.2, 0.25) is 0 Å². The molecule has 2 amide bonds. The molecule has 0 saturated carbocycles. The molecule has 178 valence electrons. The molecule has 0 spiro atoms. The Hall–Kier alpha value is -3.71. The lowest BCUT2D eigenvalue weighted by Crippen LogP contribution is -2.30. The molecule has 0 radical (unpaired) electrons. The van der Waals surface area contributed by atoms with Crippen LogP contribution in [0.1, 0.15) is 44.2 Å². The Bertz CT molecular complexity index is 1140. The smallest absolute Gasteiger partial charge is 0.250 e. The minimum absolute atomic E-state index is 0.0765. The maximum atomic E-state index is 13.2. The summed E-state index contributed by atoms with van der Waals surface area (Å²) in [7, 11) is 0. The molecule has 3 aromatic carbocycles. The van der Waals surface area contributed by atoms with E-state index in [2.05, 4.69) is 5.32 Å². The van der Waals surface area contributed by atoms with E-state index in [9.17, 15) is 14.0 Å². The zero-order valence-electron chi connectivity index (χ0n) is 19.1. The molecule has 0 fully saturated rings. The van der Waals surface area contributed by atoms with Gasteiger partial charge in [-0.1, -0.05) is 54.6 Å². The monoisotopic (exact) mass is 464 g/mol. The zero-order valence-corrected chi connectivity index (χ0v) is 19.1. The Morgan fingerprint density at radius 3 is 2.53 bits per heavy atom. The van der Waals surface area contributed by atoms with Gasteiger partial charge in [-0.15, -0.1) is 0 Å². The predicted molar refractivity (Wildman–Crippen MR) is 129 cm³/mol. The van der Waals surface area contributed by atoms with E-state index in [4.69, 9.17) is 9.94 Å². The fourth-order valence-corrected chi connectivity index (χ4v) is 3.58. The molecular weight excluding hydrogens is 435 g/mol. The molecule has 0 aliphatic heterocycles. The fraction of sp³-hybridized carbons (Fsp3) is 0.259. The Labute approximate surface area is 198 Å². The molecule has 3 rings (SSSR count). The zero-order chi connectivity index (χ0) is 24.3. The number of amides is 2. The number of hydrogen-bond donors (Lipinski definition) is 3. The number of rotatable bonds is 11. The van der Waals surface area contributed by atoms with Gasteiger partial charge in [0.25, 0.3) is 5.91 Å². The highest BCUT2D eigenvalue weighted by atomic mass is 19.1. The number of unbranched alkanes of at least 4 members (excludes halogenated alkanes) is 2. The number of hydrogen-bond acceptors (Lipinski definition) is 4. The van der Waals surface area contributed by atoms with Gasteiger partial charge in [0.1, 0.15) is 18.2 Å². The first-order valence-corrected chi connectivity index (χ1v) is 11.3. The Balaban J connectivity index is 1.70. The molecule has 0 aliphatic rings. The molecule has 0 bridgehead atoms. The standard InChI is InChI=1S/C27H29FN2O4/c1-19(20-14-16-23(28)17-15-20)29-27(32)22(9-3-2-4-13-26(31)30-33)18-34-25-12-7-10-21-8-5-6-11-24(21)25/h5-12,14-17,19,33H,2-4,13,18H2,1H3,(H,29,32)(H,30,31)/b22-9+. The summed E-state index contributed by atoms with van der Waals surface area (Å²) in [5, 5.41) is 13.5. The van der Waals surface area contributed by atoms with Gasteiger partial charge in [-0.05, 0) is 55.3 Å². The summed E-state index contributed by atoms with van der Waals surface area (Å²) in [5.41, 5.74) is 2.87. The molecular formula is C27H29FN2O4. The van der Waals surface area contributed by atoms with Gasteiger partial charge in [0.05, 0.1) is 11.6 Å². The van der Waals surface area contributed by atoms with Crippen LogP contribution < -0.4 is 15.5 Å². The molecule has 7 heteroatoms. The highest BCUT2D eigenvalue weighted by molar-refractivity contribution is 5.94. The molecule has 6 nitrogen and oxygen atoms in total. The van der Waals surface area contributed by atoms with Gasteiger partial charge in [0.15, 0.2) is 0 Å². The number of ether oxygens (including phenoxy) is 1. The second-order valence-corrected chi connectivity index (χ2v) is 8.02. The quantitative estimate of drug-likeness (QED) is 0.157. The lowest BCUT2D eigenvalue weighted by atomic mass is 10.1. The molecule has 0 aliphatic carbocycles. The van der Waals surface area contributed by atoms with E-state index < -0.39 is 5.91 Å². The topological polar surface area (TPSA) is 87.7 Å². The van der Waals surface area contributed by atoms with Crippen molar-refractivity contribution < 1.29 is 23.9 Å². The van der Waals surface area contributed by atoms with Crippen LogP contribution in [0.25, 0.3) is 10.8 Å². The number of hydroxylamine groups is 1. The van der Waals surface area contributed by atoms with Crippen LogP contribution in [0.15, 0.2) is 78.4 Å². The van der Waals surface area contributed by atoms with Crippen LogP contribution in [-0.2, 0) is 9.59 Å². The number of allylic oxidation sites excluding steroid dienone is 1. The van der Waals surface area contributed by atoms with Gasteiger partial charge < -0.3 is 10.1 Å².